The molecule has 0 saturated heterocycles. The first-order valence-corrected chi connectivity index (χ1v) is 8.84. The van der Waals surface area contributed by atoms with Crippen LogP contribution in [0.4, 0.5) is 0 Å². The Morgan fingerprint density at radius 2 is 1.65 bits per heavy atom. The molecule has 2 aromatic rings. The highest BCUT2D eigenvalue weighted by atomic mass is 16.5. The number of benzene rings is 2. The van der Waals surface area contributed by atoms with Crippen molar-refractivity contribution >= 4 is 11.9 Å². The van der Waals surface area contributed by atoms with Gasteiger partial charge in [0.15, 0.2) is 5.60 Å². The lowest BCUT2D eigenvalue weighted by Crippen LogP contribution is -2.50. The van der Waals surface area contributed by atoms with Gasteiger partial charge < -0.3 is 15.2 Å². The van der Waals surface area contributed by atoms with E-state index in [1.54, 1.807) is 12.1 Å². The number of carboxylic acid groups (broad SMARTS) is 1. The van der Waals surface area contributed by atoms with E-state index in [1.165, 1.54) is 0 Å². The Kier molecular flexibility index (Phi) is 4.98. The molecular weight excluding hydrogens is 330 g/mol. The number of nitrogens with one attached hydrogen (secondary N) is 1. The first kappa shape index (κ1) is 18.0. The van der Waals surface area contributed by atoms with Gasteiger partial charge in [0.05, 0.1) is 0 Å². The molecule has 0 bridgehead atoms. The van der Waals surface area contributed by atoms with Crippen LogP contribution in [0.2, 0.25) is 0 Å². The van der Waals surface area contributed by atoms with E-state index in [0.717, 1.165) is 0 Å². The number of hydrogen-bond donors (Lipinski definition) is 2. The van der Waals surface area contributed by atoms with Gasteiger partial charge in [-0.15, -0.1) is 0 Å². The molecule has 0 aromatic heterocycles. The third-order valence-electron chi connectivity index (χ3n) is 5.06. The molecule has 1 aliphatic carbocycles. The summed E-state index contributed by atoms with van der Waals surface area (Å²) in [5, 5.41) is 12.7. The quantitative estimate of drug-likeness (QED) is 0.764. The summed E-state index contributed by atoms with van der Waals surface area (Å²) >= 11 is 0. The monoisotopic (exact) mass is 353 g/mol. The molecule has 1 amide bonds. The van der Waals surface area contributed by atoms with Crippen molar-refractivity contribution in [1.29, 1.82) is 0 Å². The molecule has 2 N–H and O–H groups in total. The zero-order valence-corrected chi connectivity index (χ0v) is 14.8. The number of carbonyl (C=O) groups excluding carboxylic acids is 1. The highest BCUT2D eigenvalue weighted by molar-refractivity contribution is 5.90. The Bertz CT molecular complexity index is 771. The Hall–Kier alpha value is -2.82. The van der Waals surface area contributed by atoms with Crippen molar-refractivity contribution in [3.8, 4) is 5.75 Å². The normalized spacial score (nSPS) is 17.0. The molecule has 0 radical (unpaired) electrons. The lowest BCUT2D eigenvalue weighted by atomic mass is 9.78. The second kappa shape index (κ2) is 7.20. The van der Waals surface area contributed by atoms with Crippen molar-refractivity contribution in [2.24, 2.45) is 0 Å². The van der Waals surface area contributed by atoms with Crippen LogP contribution < -0.4 is 10.1 Å². The van der Waals surface area contributed by atoms with Crippen molar-refractivity contribution in [3.63, 3.8) is 0 Å². The topological polar surface area (TPSA) is 75.6 Å². The molecule has 0 heterocycles. The average Bonchev–Trinajstić information content (AvgIpc) is 3.44. The van der Waals surface area contributed by atoms with E-state index in [4.69, 9.17) is 4.74 Å². The van der Waals surface area contributed by atoms with E-state index in [2.05, 4.69) is 5.32 Å². The number of carbonyl (C=O) groups is 2. The van der Waals surface area contributed by atoms with E-state index < -0.39 is 17.0 Å². The molecule has 1 fully saturated rings. The second-order valence-electron chi connectivity index (χ2n) is 6.70. The number of rotatable bonds is 8. The number of ether oxygens (including phenoxy) is 1. The van der Waals surface area contributed by atoms with Crippen LogP contribution in [0.5, 0.6) is 5.75 Å². The first-order valence-electron chi connectivity index (χ1n) is 8.84. The summed E-state index contributed by atoms with van der Waals surface area (Å²) in [4.78, 5) is 24.8. The van der Waals surface area contributed by atoms with E-state index in [9.17, 15) is 14.7 Å². The maximum atomic E-state index is 12.7. The number of amides is 1. The number of hydrogen-bond acceptors (Lipinski definition) is 3. The molecule has 1 saturated carbocycles. The Labute approximate surface area is 153 Å². The molecule has 3 rings (SSSR count). The number of aliphatic carboxylic acids is 1. The molecule has 0 aliphatic heterocycles. The smallest absolute Gasteiger partial charge is 0.315 e. The molecule has 26 heavy (non-hydrogen) atoms. The molecule has 5 nitrogen and oxygen atoms in total. The van der Waals surface area contributed by atoms with Crippen molar-refractivity contribution in [3.05, 3.63) is 66.2 Å². The largest absolute Gasteiger partial charge is 0.481 e. The molecule has 1 aliphatic rings. The van der Waals surface area contributed by atoms with Gasteiger partial charge >= 0.3 is 5.97 Å². The summed E-state index contributed by atoms with van der Waals surface area (Å²) in [6, 6.07) is 18.3. The van der Waals surface area contributed by atoms with E-state index in [1.807, 2.05) is 55.5 Å². The van der Waals surface area contributed by atoms with Crippen molar-refractivity contribution in [2.45, 2.75) is 37.2 Å². The van der Waals surface area contributed by atoms with Crippen molar-refractivity contribution in [2.75, 3.05) is 6.54 Å². The predicted molar refractivity (Wildman–Crippen MR) is 98.1 cm³/mol. The Balaban J connectivity index is 1.73. The van der Waals surface area contributed by atoms with E-state index in [-0.39, 0.29) is 12.5 Å². The summed E-state index contributed by atoms with van der Waals surface area (Å²) in [5.74, 6) is -0.556. The van der Waals surface area contributed by atoms with Crippen LogP contribution in [0.3, 0.4) is 0 Å². The third-order valence-corrected chi connectivity index (χ3v) is 5.06. The molecule has 2 aromatic carbocycles. The molecule has 1 unspecified atom stereocenters. The average molecular weight is 353 g/mol. The summed E-state index contributed by atoms with van der Waals surface area (Å²) in [6.45, 7) is 1.85. The fourth-order valence-electron chi connectivity index (χ4n) is 3.13. The maximum Gasteiger partial charge on any atom is 0.315 e. The van der Waals surface area contributed by atoms with E-state index in [0.29, 0.717) is 30.6 Å². The summed E-state index contributed by atoms with van der Waals surface area (Å²) in [6.07, 6.45) is 1.63. The van der Waals surface area contributed by atoms with Crippen molar-refractivity contribution < 1.29 is 19.4 Å². The summed E-state index contributed by atoms with van der Waals surface area (Å²) in [7, 11) is 0. The number of para-hydroxylation sites is 1. The van der Waals surface area contributed by atoms with Crippen LogP contribution in [-0.2, 0) is 15.0 Å². The number of carboxylic acids is 1. The highest BCUT2D eigenvalue weighted by Crippen LogP contribution is 2.40. The lowest BCUT2D eigenvalue weighted by Gasteiger charge is -2.30. The fraction of sp³-hybridized carbons (Fsp3) is 0.333. The molecule has 5 heteroatoms. The van der Waals surface area contributed by atoms with Gasteiger partial charge in [0.1, 0.15) is 11.2 Å². The third kappa shape index (κ3) is 3.43. The van der Waals surface area contributed by atoms with Gasteiger partial charge in [0.25, 0.3) is 5.91 Å². The summed E-state index contributed by atoms with van der Waals surface area (Å²) < 4.78 is 5.88. The molecular formula is C21H23NO4. The van der Waals surface area contributed by atoms with Gasteiger partial charge in [-0.3, -0.25) is 9.59 Å². The highest BCUT2D eigenvalue weighted by Gasteiger charge is 2.53. The molecule has 1 atom stereocenters. The van der Waals surface area contributed by atoms with E-state index >= 15 is 0 Å². The fourth-order valence-corrected chi connectivity index (χ4v) is 3.13. The van der Waals surface area contributed by atoms with Gasteiger partial charge in [0, 0.05) is 19.4 Å². The minimum absolute atomic E-state index is 0.0293. The van der Waals surface area contributed by atoms with Gasteiger partial charge in [-0.25, -0.2) is 0 Å². The van der Waals surface area contributed by atoms with Crippen LogP contribution >= 0.6 is 0 Å². The standard InChI is InChI=1S/C21H23NO4/c1-2-20(19(24)25,16-9-5-3-6-10-16)15-22-18(23)21(13-14-21)26-17-11-7-4-8-12-17/h3-12H,2,13-15H2,1H3,(H,22,23)(H,24,25). The lowest BCUT2D eigenvalue weighted by molar-refractivity contribution is -0.144. The first-order chi connectivity index (χ1) is 12.5. The Morgan fingerprint density at radius 3 is 2.15 bits per heavy atom. The van der Waals surface area contributed by atoms with Crippen LogP contribution in [0.25, 0.3) is 0 Å². The second-order valence-corrected chi connectivity index (χ2v) is 6.70. The maximum absolute atomic E-state index is 12.7. The Morgan fingerprint density at radius 1 is 1.08 bits per heavy atom. The minimum atomic E-state index is -1.15. The van der Waals surface area contributed by atoms with Crippen LogP contribution in [0.1, 0.15) is 31.7 Å². The summed E-state index contributed by atoms with van der Waals surface area (Å²) in [5.41, 5.74) is -1.35. The van der Waals surface area contributed by atoms with Crippen LogP contribution in [0.15, 0.2) is 60.7 Å². The van der Waals surface area contributed by atoms with Crippen LogP contribution in [0, 0.1) is 0 Å². The zero-order chi connectivity index (χ0) is 18.6. The van der Waals surface area contributed by atoms with Crippen molar-refractivity contribution in [1.82, 2.24) is 5.32 Å². The van der Waals surface area contributed by atoms with Gasteiger partial charge in [-0.2, -0.15) is 0 Å². The van der Waals surface area contributed by atoms with Gasteiger partial charge in [-0.1, -0.05) is 55.5 Å². The predicted octanol–water partition coefficient (Wildman–Crippen LogP) is 3.15. The molecule has 0 spiro atoms. The minimum Gasteiger partial charge on any atom is -0.481 e. The molecule has 136 valence electrons. The zero-order valence-electron chi connectivity index (χ0n) is 14.8. The van der Waals surface area contributed by atoms with Gasteiger partial charge in [0.2, 0.25) is 0 Å². The van der Waals surface area contributed by atoms with Gasteiger partial charge in [-0.05, 0) is 24.1 Å². The SMILES string of the molecule is CCC(CNC(=O)C1(Oc2ccccc2)CC1)(C(=O)O)c1ccccc1. The van der Waals surface area contributed by atoms with Crippen LogP contribution in [-0.4, -0.2) is 29.1 Å².